The molecule has 1 N–H and O–H groups in total. The third-order valence-electron chi connectivity index (χ3n) is 5.93. The van der Waals surface area contributed by atoms with E-state index in [1.165, 1.54) is 32.1 Å². The number of anilines is 1. The summed E-state index contributed by atoms with van der Waals surface area (Å²) in [4.78, 5) is 24.1. The first kappa shape index (κ1) is 21.2. The SMILES string of the molecule is CC(C)c1cc(N(C)C2CCCCC2)nc(SCc2ccc(C(=O)NC3CC3)o2)n1. The Balaban J connectivity index is 1.44. The smallest absolute Gasteiger partial charge is 0.287 e. The molecule has 0 radical (unpaired) electrons. The van der Waals surface area contributed by atoms with E-state index < -0.39 is 0 Å². The molecule has 0 aliphatic heterocycles. The highest BCUT2D eigenvalue weighted by Crippen LogP contribution is 2.29. The Morgan fingerprint density at radius 2 is 1.97 bits per heavy atom. The second-order valence-corrected chi connectivity index (χ2v) is 9.74. The van der Waals surface area contributed by atoms with Crippen LogP contribution < -0.4 is 10.2 Å². The van der Waals surface area contributed by atoms with Crippen molar-refractivity contribution < 1.29 is 9.21 Å². The van der Waals surface area contributed by atoms with Gasteiger partial charge in [0.25, 0.3) is 5.91 Å². The van der Waals surface area contributed by atoms with E-state index in [-0.39, 0.29) is 5.91 Å². The second-order valence-electron chi connectivity index (χ2n) is 8.79. The number of hydrogen-bond acceptors (Lipinski definition) is 6. The third kappa shape index (κ3) is 5.36. The van der Waals surface area contributed by atoms with Crippen molar-refractivity contribution in [1.82, 2.24) is 15.3 Å². The van der Waals surface area contributed by atoms with E-state index in [2.05, 4.69) is 37.2 Å². The van der Waals surface area contributed by atoms with Gasteiger partial charge in [-0.25, -0.2) is 9.97 Å². The molecule has 2 aliphatic rings. The van der Waals surface area contributed by atoms with E-state index in [4.69, 9.17) is 14.4 Å². The summed E-state index contributed by atoms with van der Waals surface area (Å²) in [5.41, 5.74) is 1.06. The van der Waals surface area contributed by atoms with Crippen LogP contribution in [-0.4, -0.2) is 35.0 Å². The topological polar surface area (TPSA) is 71.3 Å². The molecule has 1 amide bonds. The van der Waals surface area contributed by atoms with Gasteiger partial charge in [-0.15, -0.1) is 0 Å². The van der Waals surface area contributed by atoms with Crippen molar-refractivity contribution in [2.24, 2.45) is 0 Å². The van der Waals surface area contributed by atoms with Gasteiger partial charge in [0, 0.05) is 30.9 Å². The molecule has 0 aromatic carbocycles. The molecular weight excluding hydrogens is 396 g/mol. The Kier molecular flexibility index (Phi) is 6.66. The first-order valence-electron chi connectivity index (χ1n) is 11.1. The minimum absolute atomic E-state index is 0.122. The van der Waals surface area contributed by atoms with Crippen LogP contribution in [0.3, 0.4) is 0 Å². The molecule has 0 saturated heterocycles. The van der Waals surface area contributed by atoms with Crippen LogP contribution >= 0.6 is 11.8 Å². The van der Waals surface area contributed by atoms with Gasteiger partial charge in [-0.3, -0.25) is 4.79 Å². The van der Waals surface area contributed by atoms with Crippen molar-refractivity contribution in [3.05, 3.63) is 35.4 Å². The summed E-state index contributed by atoms with van der Waals surface area (Å²) in [5.74, 6) is 2.97. The van der Waals surface area contributed by atoms with Crippen LogP contribution in [0.5, 0.6) is 0 Å². The van der Waals surface area contributed by atoms with Crippen molar-refractivity contribution in [3.8, 4) is 0 Å². The maximum absolute atomic E-state index is 12.1. The lowest BCUT2D eigenvalue weighted by Crippen LogP contribution is -2.34. The fourth-order valence-corrected chi connectivity index (χ4v) is 4.58. The highest BCUT2D eigenvalue weighted by atomic mass is 32.2. The number of thioether (sulfide) groups is 1. The van der Waals surface area contributed by atoms with Crippen molar-refractivity contribution in [2.45, 2.75) is 87.7 Å². The zero-order chi connectivity index (χ0) is 21.1. The van der Waals surface area contributed by atoms with Gasteiger partial charge >= 0.3 is 0 Å². The zero-order valence-corrected chi connectivity index (χ0v) is 19.0. The number of nitrogens with one attached hydrogen (secondary N) is 1. The molecule has 2 aliphatic carbocycles. The molecule has 0 unspecified atom stereocenters. The molecule has 6 nitrogen and oxygen atoms in total. The Hall–Kier alpha value is -2.02. The van der Waals surface area contributed by atoms with Gasteiger partial charge < -0.3 is 14.6 Å². The summed E-state index contributed by atoms with van der Waals surface area (Å²) in [7, 11) is 2.16. The van der Waals surface area contributed by atoms with E-state index in [0.717, 1.165) is 35.3 Å². The molecule has 2 saturated carbocycles. The summed E-state index contributed by atoms with van der Waals surface area (Å²) in [5, 5.41) is 3.72. The summed E-state index contributed by atoms with van der Waals surface area (Å²) in [6.45, 7) is 4.33. The van der Waals surface area contributed by atoms with E-state index in [1.54, 1.807) is 17.8 Å². The Morgan fingerprint density at radius 3 is 2.67 bits per heavy atom. The summed E-state index contributed by atoms with van der Waals surface area (Å²) in [6.07, 6.45) is 8.54. The van der Waals surface area contributed by atoms with Gasteiger partial charge in [0.2, 0.25) is 0 Å². The van der Waals surface area contributed by atoms with Crippen LogP contribution in [-0.2, 0) is 5.75 Å². The number of nitrogens with zero attached hydrogens (tertiary/aromatic N) is 3. The number of aromatic nitrogens is 2. The summed E-state index contributed by atoms with van der Waals surface area (Å²) < 4.78 is 5.75. The van der Waals surface area contributed by atoms with Crippen molar-refractivity contribution in [2.75, 3.05) is 11.9 Å². The molecule has 0 atom stereocenters. The van der Waals surface area contributed by atoms with Gasteiger partial charge in [0.1, 0.15) is 11.6 Å². The highest BCUT2D eigenvalue weighted by Gasteiger charge is 2.25. The van der Waals surface area contributed by atoms with E-state index >= 15 is 0 Å². The lowest BCUT2D eigenvalue weighted by molar-refractivity contribution is 0.0922. The Morgan fingerprint density at radius 1 is 1.20 bits per heavy atom. The average Bonchev–Trinajstić information content (AvgIpc) is 3.44. The number of hydrogen-bond donors (Lipinski definition) is 1. The number of amides is 1. The van der Waals surface area contributed by atoms with Crippen LogP contribution in [0, 0.1) is 0 Å². The minimum atomic E-state index is -0.122. The molecular formula is C23H32N4O2S. The molecule has 162 valence electrons. The molecule has 2 fully saturated rings. The predicted octanol–water partition coefficient (Wildman–Crippen LogP) is 5.15. The first-order chi connectivity index (χ1) is 14.5. The monoisotopic (exact) mass is 428 g/mol. The minimum Gasteiger partial charge on any atom is -0.455 e. The fourth-order valence-electron chi connectivity index (χ4n) is 3.82. The Bertz CT molecular complexity index is 872. The molecule has 4 rings (SSSR count). The fraction of sp³-hybridized carbons (Fsp3) is 0.609. The maximum Gasteiger partial charge on any atom is 0.287 e. The second kappa shape index (κ2) is 9.41. The summed E-state index contributed by atoms with van der Waals surface area (Å²) >= 11 is 1.56. The molecule has 0 spiro atoms. The van der Waals surface area contributed by atoms with Crippen LogP contribution in [0.1, 0.15) is 86.7 Å². The highest BCUT2D eigenvalue weighted by molar-refractivity contribution is 7.98. The number of rotatable bonds is 8. The third-order valence-corrected chi connectivity index (χ3v) is 6.80. The van der Waals surface area contributed by atoms with Gasteiger partial charge in [-0.1, -0.05) is 44.9 Å². The van der Waals surface area contributed by atoms with Gasteiger partial charge in [-0.2, -0.15) is 0 Å². The normalized spacial score (nSPS) is 17.3. The molecule has 0 bridgehead atoms. The van der Waals surface area contributed by atoms with Crippen LogP contribution in [0.4, 0.5) is 5.82 Å². The lowest BCUT2D eigenvalue weighted by atomic mass is 9.94. The van der Waals surface area contributed by atoms with Gasteiger partial charge in [0.05, 0.1) is 5.75 Å². The molecule has 2 aromatic heterocycles. The van der Waals surface area contributed by atoms with Gasteiger partial charge in [-0.05, 0) is 43.7 Å². The standard InChI is InChI=1S/C23H32N4O2S/c1-15(2)19-13-21(27(3)17-7-5-4-6-8-17)26-23(25-19)30-14-18-11-12-20(29-18)22(28)24-16-9-10-16/h11-13,15-17H,4-10,14H2,1-3H3,(H,24,28). The molecule has 2 heterocycles. The van der Waals surface area contributed by atoms with E-state index in [9.17, 15) is 4.79 Å². The number of carbonyl (C=O) groups excluding carboxylic acids is 1. The Labute approximate surface area is 183 Å². The van der Waals surface area contributed by atoms with Gasteiger partial charge in [0.15, 0.2) is 10.9 Å². The van der Waals surface area contributed by atoms with Crippen LogP contribution in [0.2, 0.25) is 0 Å². The first-order valence-corrected chi connectivity index (χ1v) is 12.1. The molecule has 7 heteroatoms. The van der Waals surface area contributed by atoms with E-state index in [1.807, 2.05) is 6.07 Å². The van der Waals surface area contributed by atoms with Crippen molar-refractivity contribution >= 4 is 23.5 Å². The number of furan rings is 1. The van der Waals surface area contributed by atoms with Crippen molar-refractivity contribution in [1.29, 1.82) is 0 Å². The molecule has 2 aromatic rings. The predicted molar refractivity (Wildman–Crippen MR) is 120 cm³/mol. The van der Waals surface area contributed by atoms with Crippen molar-refractivity contribution in [3.63, 3.8) is 0 Å². The molecule has 30 heavy (non-hydrogen) atoms. The maximum atomic E-state index is 12.1. The van der Waals surface area contributed by atoms with Crippen LogP contribution in [0.25, 0.3) is 0 Å². The largest absolute Gasteiger partial charge is 0.455 e. The quantitative estimate of drug-likeness (QED) is 0.463. The summed E-state index contributed by atoms with van der Waals surface area (Å²) in [6, 6.07) is 6.64. The lowest BCUT2D eigenvalue weighted by Gasteiger charge is -2.32. The average molecular weight is 429 g/mol. The zero-order valence-electron chi connectivity index (χ0n) is 18.2. The van der Waals surface area contributed by atoms with E-state index in [0.29, 0.717) is 29.5 Å². The van der Waals surface area contributed by atoms with Crippen LogP contribution in [0.15, 0.2) is 27.8 Å². The number of carbonyl (C=O) groups is 1.